The molecule has 0 fully saturated rings. The van der Waals surface area contributed by atoms with Gasteiger partial charge in [0.05, 0.1) is 25.1 Å². The summed E-state index contributed by atoms with van der Waals surface area (Å²) in [4.78, 5) is 4.27. The molecule has 4 nitrogen and oxygen atoms in total. The molecule has 0 aliphatic carbocycles. The van der Waals surface area contributed by atoms with Crippen molar-refractivity contribution >= 4 is 11.0 Å². The van der Waals surface area contributed by atoms with Gasteiger partial charge in [0.1, 0.15) is 11.3 Å². The highest BCUT2D eigenvalue weighted by Crippen LogP contribution is 2.31. The van der Waals surface area contributed by atoms with Gasteiger partial charge in [-0.2, -0.15) is 0 Å². The molecule has 0 saturated carbocycles. The van der Waals surface area contributed by atoms with Gasteiger partial charge < -0.3 is 14.5 Å². The van der Waals surface area contributed by atoms with Gasteiger partial charge >= 0.3 is 0 Å². The predicted molar refractivity (Wildman–Crippen MR) is 82.5 cm³/mol. The molecule has 0 saturated heterocycles. The smallest absolute Gasteiger partial charge is 0.137 e. The number of furan rings is 1. The molecule has 1 N–H and O–H groups in total. The second kappa shape index (κ2) is 5.97. The largest absolute Gasteiger partial charge is 0.492 e. The van der Waals surface area contributed by atoms with E-state index in [0.29, 0.717) is 6.61 Å². The molecular weight excluding hydrogens is 264 g/mol. The van der Waals surface area contributed by atoms with Crippen molar-refractivity contribution in [1.82, 2.24) is 10.3 Å². The quantitative estimate of drug-likeness (QED) is 0.777. The van der Waals surface area contributed by atoms with Crippen LogP contribution in [0.5, 0.6) is 5.75 Å². The molecule has 3 aromatic rings. The lowest BCUT2D eigenvalue weighted by Crippen LogP contribution is -2.17. The van der Waals surface area contributed by atoms with Crippen molar-refractivity contribution in [2.45, 2.75) is 13.0 Å². The number of hydrogen-bond donors (Lipinski definition) is 1. The highest BCUT2D eigenvalue weighted by Gasteiger charge is 2.18. The molecule has 1 unspecified atom stereocenters. The Kier molecular flexibility index (Phi) is 3.88. The maximum absolute atomic E-state index is 5.64. The maximum atomic E-state index is 5.64. The van der Waals surface area contributed by atoms with Gasteiger partial charge in [0.2, 0.25) is 0 Å². The summed E-state index contributed by atoms with van der Waals surface area (Å²) in [6, 6.07) is 10.1. The van der Waals surface area contributed by atoms with E-state index in [4.69, 9.17) is 9.15 Å². The van der Waals surface area contributed by atoms with Crippen LogP contribution in [0.3, 0.4) is 0 Å². The van der Waals surface area contributed by atoms with E-state index in [-0.39, 0.29) is 6.04 Å². The Balaban J connectivity index is 2.03. The topological polar surface area (TPSA) is 47.3 Å². The minimum Gasteiger partial charge on any atom is -0.492 e. The molecule has 2 heterocycles. The third-order valence-corrected chi connectivity index (χ3v) is 3.49. The zero-order valence-corrected chi connectivity index (χ0v) is 12.2. The first-order valence-electron chi connectivity index (χ1n) is 7.04. The SMILES string of the molecule is CCOc1cncc(C(NC)c2coc3ccccc23)c1. The minimum atomic E-state index is 0.0153. The van der Waals surface area contributed by atoms with Crippen molar-refractivity contribution in [1.29, 1.82) is 0 Å². The molecule has 1 aromatic carbocycles. The van der Waals surface area contributed by atoms with E-state index in [2.05, 4.69) is 16.4 Å². The number of nitrogens with one attached hydrogen (secondary N) is 1. The van der Waals surface area contributed by atoms with Gasteiger partial charge in [0.25, 0.3) is 0 Å². The zero-order chi connectivity index (χ0) is 14.7. The van der Waals surface area contributed by atoms with E-state index in [9.17, 15) is 0 Å². The number of benzene rings is 1. The van der Waals surface area contributed by atoms with Crippen LogP contribution in [-0.2, 0) is 0 Å². The summed E-state index contributed by atoms with van der Waals surface area (Å²) < 4.78 is 11.2. The number of pyridine rings is 1. The van der Waals surface area contributed by atoms with Crippen LogP contribution in [0.25, 0.3) is 11.0 Å². The Morgan fingerprint density at radius 1 is 1.29 bits per heavy atom. The molecule has 0 aliphatic rings. The third kappa shape index (κ3) is 2.62. The van der Waals surface area contributed by atoms with E-state index in [1.54, 1.807) is 12.5 Å². The Labute approximate surface area is 123 Å². The highest BCUT2D eigenvalue weighted by atomic mass is 16.5. The fourth-order valence-electron chi connectivity index (χ4n) is 2.56. The summed E-state index contributed by atoms with van der Waals surface area (Å²) in [6.07, 6.45) is 5.39. The molecule has 21 heavy (non-hydrogen) atoms. The average Bonchev–Trinajstić information content (AvgIpc) is 2.93. The van der Waals surface area contributed by atoms with E-state index < -0.39 is 0 Å². The summed E-state index contributed by atoms with van der Waals surface area (Å²) >= 11 is 0. The number of para-hydroxylation sites is 1. The highest BCUT2D eigenvalue weighted by molar-refractivity contribution is 5.81. The fraction of sp³-hybridized carbons (Fsp3) is 0.235. The zero-order valence-electron chi connectivity index (χ0n) is 12.2. The first kappa shape index (κ1) is 13.6. The molecule has 3 rings (SSSR count). The van der Waals surface area contributed by atoms with Gasteiger partial charge in [0, 0.05) is 17.1 Å². The number of nitrogens with zero attached hydrogens (tertiary/aromatic N) is 1. The number of hydrogen-bond acceptors (Lipinski definition) is 4. The van der Waals surface area contributed by atoms with Crippen LogP contribution in [-0.4, -0.2) is 18.6 Å². The van der Waals surface area contributed by atoms with Gasteiger partial charge in [-0.1, -0.05) is 18.2 Å². The van der Waals surface area contributed by atoms with Gasteiger partial charge in [-0.25, -0.2) is 0 Å². The van der Waals surface area contributed by atoms with E-state index in [0.717, 1.165) is 27.8 Å². The van der Waals surface area contributed by atoms with Crippen molar-refractivity contribution in [2.24, 2.45) is 0 Å². The fourth-order valence-corrected chi connectivity index (χ4v) is 2.56. The number of aromatic nitrogens is 1. The van der Waals surface area contributed by atoms with Crippen LogP contribution >= 0.6 is 0 Å². The van der Waals surface area contributed by atoms with Crippen molar-refractivity contribution < 1.29 is 9.15 Å². The summed E-state index contributed by atoms with van der Waals surface area (Å²) in [5.41, 5.74) is 3.04. The normalized spacial score (nSPS) is 12.5. The first-order chi connectivity index (χ1) is 10.3. The molecular formula is C17H18N2O2. The van der Waals surface area contributed by atoms with Crippen LogP contribution in [0.4, 0.5) is 0 Å². The van der Waals surface area contributed by atoms with Crippen LogP contribution in [0.2, 0.25) is 0 Å². The predicted octanol–water partition coefficient (Wildman–Crippen LogP) is 3.54. The lowest BCUT2D eigenvalue weighted by atomic mass is 9.99. The Morgan fingerprint density at radius 3 is 2.95 bits per heavy atom. The minimum absolute atomic E-state index is 0.0153. The van der Waals surface area contributed by atoms with Crippen LogP contribution < -0.4 is 10.1 Å². The molecule has 0 spiro atoms. The first-order valence-corrected chi connectivity index (χ1v) is 7.04. The van der Waals surface area contributed by atoms with Crippen LogP contribution in [0.15, 0.2) is 53.4 Å². The summed E-state index contributed by atoms with van der Waals surface area (Å²) in [5.74, 6) is 0.781. The van der Waals surface area contributed by atoms with E-state index in [1.165, 1.54) is 0 Å². The maximum Gasteiger partial charge on any atom is 0.137 e. The summed E-state index contributed by atoms with van der Waals surface area (Å²) in [6.45, 7) is 2.59. The molecule has 4 heteroatoms. The number of fused-ring (bicyclic) bond motifs is 1. The van der Waals surface area contributed by atoms with Gasteiger partial charge in [-0.05, 0) is 31.7 Å². The van der Waals surface area contributed by atoms with Crippen molar-refractivity contribution in [3.63, 3.8) is 0 Å². The second-order valence-corrected chi connectivity index (χ2v) is 4.80. The van der Waals surface area contributed by atoms with Crippen molar-refractivity contribution in [3.8, 4) is 5.75 Å². The summed E-state index contributed by atoms with van der Waals surface area (Å²) in [5, 5.41) is 4.44. The third-order valence-electron chi connectivity index (χ3n) is 3.49. The monoisotopic (exact) mass is 282 g/mol. The van der Waals surface area contributed by atoms with E-state index in [1.807, 2.05) is 44.4 Å². The van der Waals surface area contributed by atoms with Crippen molar-refractivity contribution in [3.05, 3.63) is 60.1 Å². The molecule has 2 aromatic heterocycles. The molecule has 0 radical (unpaired) electrons. The number of rotatable bonds is 5. The lowest BCUT2D eigenvalue weighted by Gasteiger charge is -2.16. The van der Waals surface area contributed by atoms with Gasteiger partial charge in [-0.3, -0.25) is 4.98 Å². The van der Waals surface area contributed by atoms with E-state index >= 15 is 0 Å². The molecule has 0 bridgehead atoms. The summed E-state index contributed by atoms with van der Waals surface area (Å²) in [7, 11) is 1.93. The molecule has 108 valence electrons. The van der Waals surface area contributed by atoms with Gasteiger partial charge in [0.15, 0.2) is 0 Å². The Morgan fingerprint density at radius 2 is 2.14 bits per heavy atom. The van der Waals surface area contributed by atoms with Gasteiger partial charge in [-0.15, -0.1) is 0 Å². The molecule has 0 amide bonds. The standard InChI is InChI=1S/C17H18N2O2/c1-3-20-13-8-12(9-19-10-13)17(18-2)15-11-21-16-7-5-4-6-14(15)16/h4-11,17-18H,3H2,1-2H3. The molecule has 1 atom stereocenters. The average molecular weight is 282 g/mol. The van der Waals surface area contributed by atoms with Crippen LogP contribution in [0.1, 0.15) is 24.1 Å². The number of ether oxygens (including phenoxy) is 1. The Bertz CT molecular complexity index is 736. The lowest BCUT2D eigenvalue weighted by molar-refractivity contribution is 0.338. The second-order valence-electron chi connectivity index (χ2n) is 4.80. The van der Waals surface area contributed by atoms with Crippen LogP contribution in [0, 0.1) is 0 Å². The van der Waals surface area contributed by atoms with Crippen molar-refractivity contribution in [2.75, 3.05) is 13.7 Å². The Hall–Kier alpha value is -2.33. The molecule has 0 aliphatic heterocycles.